The number of aromatic amines is 1. The van der Waals surface area contributed by atoms with Gasteiger partial charge in [-0.05, 0) is 51.7 Å². The average molecular weight is 483 g/mol. The molecule has 0 aromatic carbocycles. The number of hydrogen-bond acceptors (Lipinski definition) is 6. The van der Waals surface area contributed by atoms with E-state index in [2.05, 4.69) is 42.5 Å². The number of pyridine rings is 1. The summed E-state index contributed by atoms with van der Waals surface area (Å²) in [6.07, 6.45) is 4.63. The summed E-state index contributed by atoms with van der Waals surface area (Å²) >= 11 is 0. The Balaban J connectivity index is 1.36. The second-order valence-corrected chi connectivity index (χ2v) is 9.52. The molecule has 0 bridgehead atoms. The topological polar surface area (TPSA) is 113 Å². The number of carbonyl (C=O) groups is 1. The average Bonchev–Trinajstić information content (AvgIpc) is 3.35. The normalized spacial score (nSPS) is 20.6. The molecule has 4 aromatic heterocycles. The lowest BCUT2D eigenvalue weighted by Gasteiger charge is -2.38. The molecule has 1 amide bonds. The quantitative estimate of drug-likeness (QED) is 0.380. The van der Waals surface area contributed by atoms with Gasteiger partial charge in [0.2, 0.25) is 11.9 Å². The van der Waals surface area contributed by atoms with Crippen LogP contribution in [0.1, 0.15) is 45.4 Å². The summed E-state index contributed by atoms with van der Waals surface area (Å²) < 4.78 is 27.6. The Bertz CT molecular complexity index is 1390. The summed E-state index contributed by atoms with van der Waals surface area (Å²) in [6, 6.07) is 3.84. The van der Waals surface area contributed by atoms with Crippen molar-refractivity contribution in [3.05, 3.63) is 30.4 Å². The molecule has 35 heavy (non-hydrogen) atoms. The van der Waals surface area contributed by atoms with Gasteiger partial charge in [0.25, 0.3) is 6.43 Å². The maximum absolute atomic E-state index is 13.1. The minimum Gasteiger partial charge on any atom is -0.351 e. The maximum atomic E-state index is 13.1. The van der Waals surface area contributed by atoms with E-state index in [0.29, 0.717) is 34.3 Å². The third-order valence-corrected chi connectivity index (χ3v) is 6.71. The number of hydrogen-bond donors (Lipinski definition) is 3. The summed E-state index contributed by atoms with van der Waals surface area (Å²) in [5.74, 6) is 1.04. The zero-order valence-corrected chi connectivity index (χ0v) is 19.9. The van der Waals surface area contributed by atoms with Crippen molar-refractivity contribution in [2.45, 2.75) is 71.0 Å². The number of H-pyrrole nitrogens is 1. The van der Waals surface area contributed by atoms with Crippen molar-refractivity contribution in [2.75, 3.05) is 5.32 Å². The Morgan fingerprint density at radius 2 is 2.03 bits per heavy atom. The Labute approximate surface area is 200 Å². The van der Waals surface area contributed by atoms with E-state index < -0.39 is 13.0 Å². The predicted octanol–water partition coefficient (Wildman–Crippen LogP) is 4.19. The molecule has 5 rings (SSSR count). The van der Waals surface area contributed by atoms with Gasteiger partial charge >= 0.3 is 0 Å². The van der Waals surface area contributed by atoms with Gasteiger partial charge in [-0.2, -0.15) is 4.98 Å². The van der Waals surface area contributed by atoms with Gasteiger partial charge in [0.05, 0.1) is 12.2 Å². The van der Waals surface area contributed by atoms with Gasteiger partial charge in [0.15, 0.2) is 5.65 Å². The molecule has 0 spiro atoms. The minimum atomic E-state index is -2.49. The van der Waals surface area contributed by atoms with Crippen LogP contribution >= 0.6 is 0 Å². The molecule has 9 nitrogen and oxygen atoms in total. The van der Waals surface area contributed by atoms with E-state index in [0.717, 1.165) is 36.6 Å². The summed E-state index contributed by atoms with van der Waals surface area (Å²) in [4.78, 5) is 32.8. The molecule has 1 aliphatic rings. The number of nitrogens with one attached hydrogen (secondary N) is 3. The molecule has 0 atom stereocenters. The van der Waals surface area contributed by atoms with Crippen LogP contribution in [-0.2, 0) is 11.3 Å². The number of amides is 1. The first-order chi connectivity index (χ1) is 16.7. The predicted molar refractivity (Wildman–Crippen MR) is 129 cm³/mol. The lowest BCUT2D eigenvalue weighted by Crippen LogP contribution is -2.49. The van der Waals surface area contributed by atoms with Crippen LogP contribution in [0.25, 0.3) is 33.5 Å². The molecular formula is C24H28F2N8O. The summed E-state index contributed by atoms with van der Waals surface area (Å²) in [6.45, 7) is 4.89. The molecule has 4 heterocycles. The van der Waals surface area contributed by atoms with Crippen LogP contribution in [0.5, 0.6) is 0 Å². The van der Waals surface area contributed by atoms with Crippen LogP contribution in [-0.4, -0.2) is 53.4 Å². The highest BCUT2D eigenvalue weighted by atomic mass is 19.3. The summed E-state index contributed by atoms with van der Waals surface area (Å²) in [5.41, 5.74) is 2.93. The van der Waals surface area contributed by atoms with E-state index in [4.69, 9.17) is 0 Å². The Morgan fingerprint density at radius 1 is 1.26 bits per heavy atom. The number of alkyl halides is 2. The second kappa shape index (κ2) is 8.86. The van der Waals surface area contributed by atoms with E-state index in [1.54, 1.807) is 32.3 Å². The van der Waals surface area contributed by atoms with E-state index in [1.165, 1.54) is 4.57 Å². The number of aryl methyl sites for hydroxylation is 1. The maximum Gasteiger partial charge on any atom is 0.256 e. The highest BCUT2D eigenvalue weighted by Gasteiger charge is 2.32. The molecule has 1 aliphatic carbocycles. The van der Waals surface area contributed by atoms with Crippen LogP contribution < -0.4 is 10.6 Å². The molecule has 3 N–H and O–H groups in total. The van der Waals surface area contributed by atoms with Crippen molar-refractivity contribution in [2.24, 2.45) is 0 Å². The third-order valence-electron chi connectivity index (χ3n) is 6.71. The van der Waals surface area contributed by atoms with Crippen molar-refractivity contribution in [1.82, 2.24) is 34.8 Å². The minimum absolute atomic E-state index is 0.00232. The van der Waals surface area contributed by atoms with Crippen molar-refractivity contribution in [1.29, 1.82) is 0 Å². The Morgan fingerprint density at radius 3 is 2.74 bits per heavy atom. The fourth-order valence-electron chi connectivity index (χ4n) is 4.94. The molecule has 4 aromatic rings. The van der Waals surface area contributed by atoms with Crippen LogP contribution in [0.3, 0.4) is 0 Å². The van der Waals surface area contributed by atoms with E-state index in [9.17, 15) is 13.6 Å². The number of carbonyl (C=O) groups excluding carboxylic acids is 1. The van der Waals surface area contributed by atoms with Crippen molar-refractivity contribution < 1.29 is 13.6 Å². The van der Waals surface area contributed by atoms with E-state index in [-0.39, 0.29) is 17.5 Å². The molecule has 1 saturated carbocycles. The van der Waals surface area contributed by atoms with Gasteiger partial charge in [-0.1, -0.05) is 0 Å². The number of imidazole rings is 1. The van der Waals surface area contributed by atoms with E-state index in [1.807, 2.05) is 6.07 Å². The lowest BCUT2D eigenvalue weighted by molar-refractivity contribution is -0.121. The van der Waals surface area contributed by atoms with E-state index >= 15 is 0 Å². The number of fused-ring (bicyclic) bond motifs is 2. The molecule has 0 radical (unpaired) electrons. The molecule has 0 aliphatic heterocycles. The zero-order valence-electron chi connectivity index (χ0n) is 19.9. The number of rotatable bonds is 6. The van der Waals surface area contributed by atoms with Gasteiger partial charge in [-0.3, -0.25) is 4.79 Å². The lowest BCUT2D eigenvalue weighted by atomic mass is 9.81. The zero-order chi connectivity index (χ0) is 24.7. The fraction of sp³-hybridized carbons (Fsp3) is 0.458. The Kier molecular flexibility index (Phi) is 5.86. The SMILES string of the molecule is CC(=O)NC1(C)CCC(Nc2ncc3c(-c4ccc5nc(C)n(CC(F)F)c5n4)c[nH]c3n2)CC1. The Hall–Kier alpha value is -3.63. The largest absolute Gasteiger partial charge is 0.351 e. The van der Waals surface area contributed by atoms with Crippen LogP contribution in [0.15, 0.2) is 24.5 Å². The molecule has 0 saturated heterocycles. The van der Waals surface area contributed by atoms with Crippen molar-refractivity contribution >= 4 is 34.1 Å². The number of anilines is 1. The van der Waals surface area contributed by atoms with Gasteiger partial charge in [0, 0.05) is 41.8 Å². The van der Waals surface area contributed by atoms with Crippen LogP contribution in [0.4, 0.5) is 14.7 Å². The van der Waals surface area contributed by atoms with Gasteiger partial charge < -0.3 is 20.2 Å². The van der Waals surface area contributed by atoms with Crippen LogP contribution in [0.2, 0.25) is 0 Å². The third kappa shape index (κ3) is 4.67. The first-order valence-corrected chi connectivity index (χ1v) is 11.7. The van der Waals surface area contributed by atoms with Gasteiger partial charge in [0.1, 0.15) is 17.0 Å². The highest BCUT2D eigenvalue weighted by molar-refractivity contribution is 5.93. The number of nitrogens with zero attached hydrogens (tertiary/aromatic N) is 5. The molecule has 184 valence electrons. The second-order valence-electron chi connectivity index (χ2n) is 9.52. The smallest absolute Gasteiger partial charge is 0.256 e. The fourth-order valence-corrected chi connectivity index (χ4v) is 4.94. The monoisotopic (exact) mass is 482 g/mol. The standard InChI is InChI=1S/C24H28F2N8O/c1-13-29-19-5-4-18(31-22(19)34(13)12-20(25)26)16-10-27-21-17(16)11-28-23(32-21)30-15-6-8-24(3,9-7-15)33-14(2)35/h4-5,10-11,15,20H,6-9,12H2,1-3H3,(H,33,35)(H2,27,28,30,32). The highest BCUT2D eigenvalue weighted by Crippen LogP contribution is 2.31. The van der Waals surface area contributed by atoms with Gasteiger partial charge in [-0.15, -0.1) is 0 Å². The molecular weight excluding hydrogens is 454 g/mol. The van der Waals surface area contributed by atoms with Crippen molar-refractivity contribution in [3.63, 3.8) is 0 Å². The molecule has 1 fully saturated rings. The number of aromatic nitrogens is 6. The first-order valence-electron chi connectivity index (χ1n) is 11.7. The summed E-state index contributed by atoms with van der Waals surface area (Å²) in [7, 11) is 0. The van der Waals surface area contributed by atoms with Crippen molar-refractivity contribution in [3.8, 4) is 11.3 Å². The summed E-state index contributed by atoms with van der Waals surface area (Å²) in [5, 5.41) is 7.26. The van der Waals surface area contributed by atoms with Crippen LogP contribution in [0, 0.1) is 6.92 Å². The molecule has 11 heteroatoms. The number of halogens is 2. The first kappa shape index (κ1) is 23.1. The molecule has 0 unspecified atom stereocenters. The van der Waals surface area contributed by atoms with Gasteiger partial charge in [-0.25, -0.2) is 23.7 Å².